The van der Waals surface area contributed by atoms with Gasteiger partial charge in [0, 0.05) is 24.9 Å². The number of rotatable bonds is 3. The molecule has 0 aliphatic heterocycles. The number of fused-ring (bicyclic) bond motifs is 2. The maximum Gasteiger partial charge on any atom is 0.153 e. The van der Waals surface area contributed by atoms with Gasteiger partial charge in [0.2, 0.25) is 0 Å². The van der Waals surface area contributed by atoms with E-state index in [1.807, 2.05) is 18.3 Å². The molecule has 0 bridgehead atoms. The molecular formula is C15H14N4. The summed E-state index contributed by atoms with van der Waals surface area (Å²) in [6.07, 6.45) is 4.78. The fourth-order valence-corrected chi connectivity index (χ4v) is 2.68. The van der Waals surface area contributed by atoms with E-state index in [1.165, 1.54) is 11.1 Å². The Bertz CT molecular complexity index is 732. The van der Waals surface area contributed by atoms with Crippen molar-refractivity contribution in [1.29, 1.82) is 0 Å². The number of benzene rings is 1. The van der Waals surface area contributed by atoms with Gasteiger partial charge < -0.3 is 5.32 Å². The van der Waals surface area contributed by atoms with E-state index in [2.05, 4.69) is 39.7 Å². The third-order valence-electron chi connectivity index (χ3n) is 3.75. The van der Waals surface area contributed by atoms with Gasteiger partial charge in [0.05, 0.1) is 0 Å². The molecule has 19 heavy (non-hydrogen) atoms. The first-order valence-electron chi connectivity index (χ1n) is 6.52. The number of hydrogen-bond acceptors (Lipinski definition) is 3. The molecule has 0 saturated heterocycles. The van der Waals surface area contributed by atoms with Crippen LogP contribution in [0.25, 0.3) is 5.65 Å². The molecule has 3 aromatic rings. The van der Waals surface area contributed by atoms with Crippen LogP contribution in [0.5, 0.6) is 0 Å². The maximum absolute atomic E-state index is 4.46. The van der Waals surface area contributed by atoms with E-state index in [-0.39, 0.29) is 0 Å². The molecule has 0 saturated carbocycles. The predicted octanol–water partition coefficient (Wildman–Crippen LogP) is 2.48. The quantitative estimate of drug-likeness (QED) is 0.776. The molecule has 1 aliphatic rings. The van der Waals surface area contributed by atoms with Gasteiger partial charge in [0.1, 0.15) is 5.82 Å². The molecular weight excluding hydrogens is 236 g/mol. The molecule has 1 N–H and O–H groups in total. The van der Waals surface area contributed by atoms with Gasteiger partial charge in [-0.05, 0) is 29.7 Å². The van der Waals surface area contributed by atoms with Crippen LogP contribution in [-0.4, -0.2) is 21.1 Å². The topological polar surface area (TPSA) is 42.2 Å². The lowest BCUT2D eigenvalue weighted by molar-refractivity contribution is 0.633. The number of imidazole rings is 1. The van der Waals surface area contributed by atoms with Crippen molar-refractivity contribution in [3.8, 4) is 0 Å². The minimum Gasteiger partial charge on any atom is -0.368 e. The average Bonchev–Trinajstić information content (AvgIpc) is 2.87. The van der Waals surface area contributed by atoms with Crippen molar-refractivity contribution in [2.45, 2.75) is 12.3 Å². The molecule has 0 fully saturated rings. The molecule has 94 valence electrons. The summed E-state index contributed by atoms with van der Waals surface area (Å²) >= 11 is 0. The van der Waals surface area contributed by atoms with Crippen LogP contribution in [-0.2, 0) is 6.42 Å². The minimum atomic E-state index is 0.608. The number of hydrogen-bond donors (Lipinski definition) is 1. The normalized spacial score (nSPS) is 16.9. The molecule has 0 amide bonds. The van der Waals surface area contributed by atoms with Crippen molar-refractivity contribution in [2.75, 3.05) is 11.9 Å². The number of anilines is 1. The van der Waals surface area contributed by atoms with Gasteiger partial charge in [-0.15, -0.1) is 5.10 Å². The highest BCUT2D eigenvalue weighted by molar-refractivity contribution is 5.46. The van der Waals surface area contributed by atoms with Crippen LogP contribution in [0.2, 0.25) is 0 Å². The van der Waals surface area contributed by atoms with Crippen LogP contribution in [0.3, 0.4) is 0 Å². The molecule has 4 rings (SSSR count). The van der Waals surface area contributed by atoms with E-state index in [1.54, 1.807) is 10.7 Å². The van der Waals surface area contributed by atoms with E-state index in [0.29, 0.717) is 5.92 Å². The molecule has 2 aromatic heterocycles. The Morgan fingerprint density at radius 1 is 1.21 bits per heavy atom. The first-order chi connectivity index (χ1) is 9.40. The Kier molecular flexibility index (Phi) is 2.27. The van der Waals surface area contributed by atoms with Gasteiger partial charge >= 0.3 is 0 Å². The Labute approximate surface area is 111 Å². The summed E-state index contributed by atoms with van der Waals surface area (Å²) in [6, 6.07) is 12.6. The van der Waals surface area contributed by atoms with Gasteiger partial charge in [0.15, 0.2) is 5.65 Å². The smallest absolute Gasteiger partial charge is 0.153 e. The van der Waals surface area contributed by atoms with E-state index >= 15 is 0 Å². The molecule has 1 aliphatic carbocycles. The van der Waals surface area contributed by atoms with E-state index in [9.17, 15) is 0 Å². The molecule has 0 radical (unpaired) electrons. The first-order valence-corrected chi connectivity index (χ1v) is 6.52. The number of nitrogens with zero attached hydrogens (tertiary/aromatic N) is 3. The van der Waals surface area contributed by atoms with Crippen molar-refractivity contribution in [3.05, 3.63) is 59.9 Å². The minimum absolute atomic E-state index is 0.608. The van der Waals surface area contributed by atoms with Crippen LogP contribution in [0, 0.1) is 0 Å². The Morgan fingerprint density at radius 3 is 3.11 bits per heavy atom. The summed E-state index contributed by atoms with van der Waals surface area (Å²) in [4.78, 5) is 4.18. The highest BCUT2D eigenvalue weighted by Crippen LogP contribution is 2.34. The SMILES string of the molecule is c1ccc2c(c1)CC2CNc1ccc2nccn2n1. The lowest BCUT2D eigenvalue weighted by Crippen LogP contribution is -2.24. The Morgan fingerprint density at radius 2 is 2.16 bits per heavy atom. The summed E-state index contributed by atoms with van der Waals surface area (Å²) in [7, 11) is 0. The van der Waals surface area contributed by atoms with Gasteiger partial charge in [0.25, 0.3) is 0 Å². The van der Waals surface area contributed by atoms with Crippen molar-refractivity contribution >= 4 is 11.5 Å². The Balaban J connectivity index is 1.48. The molecule has 1 unspecified atom stereocenters. The molecule has 0 spiro atoms. The number of aromatic nitrogens is 3. The zero-order chi connectivity index (χ0) is 12.7. The molecule has 1 atom stereocenters. The Hall–Kier alpha value is -2.36. The summed E-state index contributed by atoms with van der Waals surface area (Å²) in [6.45, 7) is 0.935. The van der Waals surface area contributed by atoms with E-state index in [4.69, 9.17) is 0 Å². The second-order valence-electron chi connectivity index (χ2n) is 4.93. The summed E-state index contributed by atoms with van der Waals surface area (Å²) in [5.41, 5.74) is 3.82. The average molecular weight is 250 g/mol. The second kappa shape index (κ2) is 4.09. The third kappa shape index (κ3) is 1.76. The summed E-state index contributed by atoms with van der Waals surface area (Å²) in [5.74, 6) is 1.51. The highest BCUT2D eigenvalue weighted by Gasteiger charge is 2.24. The fraction of sp³-hybridized carbons (Fsp3) is 0.200. The fourth-order valence-electron chi connectivity index (χ4n) is 2.68. The van der Waals surface area contributed by atoms with Crippen molar-refractivity contribution in [1.82, 2.24) is 14.6 Å². The molecule has 2 heterocycles. The van der Waals surface area contributed by atoms with Gasteiger partial charge in [-0.1, -0.05) is 24.3 Å². The standard InChI is InChI=1S/C15H14N4/c1-2-4-13-11(3-1)9-12(13)10-17-14-5-6-15-16-7-8-19(15)18-14/h1-8,12H,9-10H2,(H,17,18). The van der Waals surface area contributed by atoms with Crippen molar-refractivity contribution in [3.63, 3.8) is 0 Å². The zero-order valence-electron chi connectivity index (χ0n) is 10.5. The van der Waals surface area contributed by atoms with Gasteiger partial charge in [-0.3, -0.25) is 0 Å². The molecule has 1 aromatic carbocycles. The second-order valence-corrected chi connectivity index (χ2v) is 4.93. The zero-order valence-corrected chi connectivity index (χ0v) is 10.5. The largest absolute Gasteiger partial charge is 0.368 e. The van der Waals surface area contributed by atoms with Crippen LogP contribution in [0.4, 0.5) is 5.82 Å². The van der Waals surface area contributed by atoms with Crippen molar-refractivity contribution < 1.29 is 0 Å². The van der Waals surface area contributed by atoms with Crippen LogP contribution >= 0.6 is 0 Å². The lowest BCUT2D eigenvalue weighted by atomic mass is 9.78. The summed E-state index contributed by atoms with van der Waals surface area (Å²) < 4.78 is 1.79. The summed E-state index contributed by atoms with van der Waals surface area (Å²) in [5, 5.41) is 7.87. The highest BCUT2D eigenvalue weighted by atomic mass is 15.3. The van der Waals surface area contributed by atoms with E-state index < -0.39 is 0 Å². The lowest BCUT2D eigenvalue weighted by Gasteiger charge is -2.30. The van der Waals surface area contributed by atoms with Crippen LogP contribution in [0.15, 0.2) is 48.8 Å². The molecule has 4 heteroatoms. The molecule has 4 nitrogen and oxygen atoms in total. The van der Waals surface area contributed by atoms with Gasteiger partial charge in [-0.25, -0.2) is 9.50 Å². The van der Waals surface area contributed by atoms with Gasteiger partial charge in [-0.2, -0.15) is 0 Å². The van der Waals surface area contributed by atoms with E-state index in [0.717, 1.165) is 24.4 Å². The maximum atomic E-state index is 4.46. The van der Waals surface area contributed by atoms with Crippen LogP contribution < -0.4 is 5.32 Å². The van der Waals surface area contributed by atoms with Crippen LogP contribution in [0.1, 0.15) is 17.0 Å². The van der Waals surface area contributed by atoms with Crippen molar-refractivity contribution in [2.24, 2.45) is 0 Å². The number of nitrogens with one attached hydrogen (secondary N) is 1. The monoisotopic (exact) mass is 250 g/mol. The first kappa shape index (κ1) is 10.6. The predicted molar refractivity (Wildman–Crippen MR) is 74.4 cm³/mol. The third-order valence-corrected chi connectivity index (χ3v) is 3.75.